The number of halogens is 2. The van der Waals surface area contributed by atoms with E-state index in [1.165, 1.54) is 23.4 Å². The highest BCUT2D eigenvalue weighted by Gasteiger charge is 2.29. The van der Waals surface area contributed by atoms with Gasteiger partial charge in [-0.05, 0) is 54.0 Å². The van der Waals surface area contributed by atoms with Gasteiger partial charge in [0.1, 0.15) is 0 Å². The molecule has 0 bridgehead atoms. The molecule has 0 radical (unpaired) electrons. The van der Waals surface area contributed by atoms with Gasteiger partial charge in [0, 0.05) is 30.5 Å². The van der Waals surface area contributed by atoms with Crippen LogP contribution in [0.2, 0.25) is 0 Å². The number of carbonyl (C=O) groups is 1. The van der Waals surface area contributed by atoms with E-state index in [0.717, 1.165) is 12.8 Å². The predicted octanol–water partition coefficient (Wildman–Crippen LogP) is 2.20. The molecular formula is C14H21BrClN3O3S. The van der Waals surface area contributed by atoms with E-state index in [9.17, 15) is 13.2 Å². The molecule has 0 saturated carbocycles. The first-order chi connectivity index (χ1) is 10.3. The van der Waals surface area contributed by atoms with Gasteiger partial charge in [-0.15, -0.1) is 12.4 Å². The number of nitrogens with zero attached hydrogens (tertiary/aromatic N) is 1. The number of amides is 1. The van der Waals surface area contributed by atoms with Crippen LogP contribution in [-0.4, -0.2) is 44.8 Å². The van der Waals surface area contributed by atoms with Crippen molar-refractivity contribution < 1.29 is 13.2 Å². The van der Waals surface area contributed by atoms with Gasteiger partial charge in [0.2, 0.25) is 15.9 Å². The number of piperidine rings is 1. The molecular weight excluding hydrogens is 406 g/mol. The van der Waals surface area contributed by atoms with Crippen molar-refractivity contribution in [3.05, 3.63) is 22.7 Å². The van der Waals surface area contributed by atoms with E-state index < -0.39 is 10.0 Å². The van der Waals surface area contributed by atoms with Gasteiger partial charge in [0.25, 0.3) is 0 Å². The second kappa shape index (κ2) is 8.43. The third-order valence-corrected chi connectivity index (χ3v) is 6.30. The second-order valence-electron chi connectivity index (χ2n) is 5.29. The van der Waals surface area contributed by atoms with E-state index in [1.807, 2.05) is 7.05 Å². The Morgan fingerprint density at radius 3 is 2.39 bits per heavy atom. The molecule has 0 atom stereocenters. The molecule has 2 rings (SSSR count). The Hall–Kier alpha value is -0.670. The molecule has 0 unspecified atom stereocenters. The summed E-state index contributed by atoms with van der Waals surface area (Å²) < 4.78 is 27.4. The largest absolute Gasteiger partial charge is 0.325 e. The van der Waals surface area contributed by atoms with E-state index in [1.54, 1.807) is 6.07 Å². The summed E-state index contributed by atoms with van der Waals surface area (Å²) >= 11 is 3.31. The third-order valence-electron chi connectivity index (χ3n) is 3.75. The molecule has 9 heteroatoms. The van der Waals surface area contributed by atoms with E-state index in [2.05, 4.69) is 26.6 Å². The summed E-state index contributed by atoms with van der Waals surface area (Å²) in [7, 11) is -1.60. The van der Waals surface area contributed by atoms with Crippen molar-refractivity contribution in [2.24, 2.45) is 0 Å². The maximum Gasteiger partial charge on any atom is 0.243 e. The summed E-state index contributed by atoms with van der Waals surface area (Å²) in [4.78, 5) is 11.3. The van der Waals surface area contributed by atoms with Gasteiger partial charge in [-0.3, -0.25) is 4.79 Å². The van der Waals surface area contributed by atoms with Gasteiger partial charge >= 0.3 is 0 Å². The van der Waals surface area contributed by atoms with Gasteiger partial charge < -0.3 is 10.6 Å². The molecule has 1 saturated heterocycles. The van der Waals surface area contributed by atoms with Crippen molar-refractivity contribution in [2.75, 3.05) is 25.5 Å². The number of hydrogen-bond acceptors (Lipinski definition) is 4. The first kappa shape index (κ1) is 20.4. The van der Waals surface area contributed by atoms with E-state index >= 15 is 0 Å². The van der Waals surface area contributed by atoms with Gasteiger partial charge in [-0.25, -0.2) is 8.42 Å². The summed E-state index contributed by atoms with van der Waals surface area (Å²) in [5.74, 6) is -0.203. The molecule has 130 valence electrons. The van der Waals surface area contributed by atoms with Crippen LogP contribution in [-0.2, 0) is 14.8 Å². The van der Waals surface area contributed by atoms with Crippen molar-refractivity contribution in [3.63, 3.8) is 0 Å². The Kier molecular flexibility index (Phi) is 7.47. The van der Waals surface area contributed by atoms with Crippen LogP contribution >= 0.6 is 28.3 Å². The van der Waals surface area contributed by atoms with Crippen LogP contribution in [0, 0.1) is 0 Å². The van der Waals surface area contributed by atoms with Crippen LogP contribution in [0.3, 0.4) is 0 Å². The van der Waals surface area contributed by atoms with Crippen molar-refractivity contribution in [1.29, 1.82) is 0 Å². The average Bonchev–Trinajstić information content (AvgIpc) is 2.49. The van der Waals surface area contributed by atoms with Gasteiger partial charge in [0.15, 0.2) is 0 Å². The van der Waals surface area contributed by atoms with Crippen molar-refractivity contribution >= 4 is 50.0 Å². The second-order valence-corrected chi connectivity index (χ2v) is 8.08. The van der Waals surface area contributed by atoms with Crippen LogP contribution in [0.5, 0.6) is 0 Å². The lowest BCUT2D eigenvalue weighted by molar-refractivity contribution is -0.114. The molecule has 23 heavy (non-hydrogen) atoms. The SMILES string of the molecule is CNC1CCN(S(=O)(=O)c2ccc(NC(C)=O)c(Br)c2)CC1.Cl. The van der Waals surface area contributed by atoms with Crippen LogP contribution in [0.1, 0.15) is 19.8 Å². The Labute approximate surface area is 151 Å². The van der Waals surface area contributed by atoms with E-state index in [0.29, 0.717) is 29.3 Å². The third kappa shape index (κ3) is 4.90. The van der Waals surface area contributed by atoms with Crippen LogP contribution in [0.4, 0.5) is 5.69 Å². The normalized spacial score (nSPS) is 16.7. The molecule has 1 aromatic rings. The zero-order valence-corrected chi connectivity index (χ0v) is 16.2. The maximum absolute atomic E-state index is 12.7. The van der Waals surface area contributed by atoms with Crippen molar-refractivity contribution in [2.45, 2.75) is 30.7 Å². The minimum atomic E-state index is -3.50. The molecule has 6 nitrogen and oxygen atoms in total. The van der Waals surface area contributed by atoms with Gasteiger partial charge in [-0.1, -0.05) is 0 Å². The highest BCUT2D eigenvalue weighted by molar-refractivity contribution is 9.10. The number of hydrogen-bond donors (Lipinski definition) is 2. The number of rotatable bonds is 4. The summed E-state index contributed by atoms with van der Waals surface area (Å²) in [5, 5.41) is 5.82. The highest BCUT2D eigenvalue weighted by atomic mass is 79.9. The molecule has 0 aliphatic carbocycles. The van der Waals surface area contributed by atoms with Gasteiger partial charge in [0.05, 0.1) is 10.6 Å². The zero-order valence-electron chi connectivity index (χ0n) is 13.0. The van der Waals surface area contributed by atoms with Crippen LogP contribution in [0.15, 0.2) is 27.6 Å². The first-order valence-electron chi connectivity index (χ1n) is 7.09. The quantitative estimate of drug-likeness (QED) is 0.774. The number of sulfonamides is 1. The van der Waals surface area contributed by atoms with Crippen molar-refractivity contribution in [1.82, 2.24) is 9.62 Å². The van der Waals surface area contributed by atoms with Gasteiger partial charge in [-0.2, -0.15) is 4.31 Å². The lowest BCUT2D eigenvalue weighted by atomic mass is 10.1. The average molecular weight is 427 g/mol. The van der Waals surface area contributed by atoms with Crippen molar-refractivity contribution in [3.8, 4) is 0 Å². The minimum absolute atomic E-state index is 0. The fraction of sp³-hybridized carbons (Fsp3) is 0.500. The fourth-order valence-corrected chi connectivity index (χ4v) is 4.61. The smallest absolute Gasteiger partial charge is 0.243 e. The Morgan fingerprint density at radius 2 is 1.91 bits per heavy atom. The summed E-state index contributed by atoms with van der Waals surface area (Å²) in [5.41, 5.74) is 0.556. The minimum Gasteiger partial charge on any atom is -0.325 e. The molecule has 1 aliphatic rings. The molecule has 1 aromatic carbocycles. The molecule has 1 amide bonds. The molecule has 0 spiro atoms. The topological polar surface area (TPSA) is 78.5 Å². The van der Waals surface area contributed by atoms with Crippen LogP contribution < -0.4 is 10.6 Å². The Morgan fingerprint density at radius 1 is 1.30 bits per heavy atom. The number of benzene rings is 1. The summed E-state index contributed by atoms with van der Waals surface area (Å²) in [6.45, 7) is 2.43. The first-order valence-corrected chi connectivity index (χ1v) is 9.32. The fourth-order valence-electron chi connectivity index (χ4n) is 2.48. The maximum atomic E-state index is 12.7. The van der Waals surface area contributed by atoms with Crippen LogP contribution in [0.25, 0.3) is 0 Å². The summed E-state index contributed by atoms with van der Waals surface area (Å²) in [6.07, 6.45) is 1.61. The number of anilines is 1. The van der Waals surface area contributed by atoms with E-state index in [-0.39, 0.29) is 23.2 Å². The predicted molar refractivity (Wildman–Crippen MR) is 96.5 cm³/mol. The monoisotopic (exact) mass is 425 g/mol. The Bertz CT molecular complexity index is 661. The molecule has 1 heterocycles. The summed E-state index contributed by atoms with van der Waals surface area (Å²) in [6, 6.07) is 5.03. The van der Waals surface area contributed by atoms with E-state index in [4.69, 9.17) is 0 Å². The molecule has 0 aromatic heterocycles. The zero-order chi connectivity index (χ0) is 16.3. The lowest BCUT2D eigenvalue weighted by Crippen LogP contribution is -2.43. The molecule has 1 fully saturated rings. The molecule has 1 aliphatic heterocycles. The number of carbonyl (C=O) groups excluding carboxylic acids is 1. The highest BCUT2D eigenvalue weighted by Crippen LogP contribution is 2.28. The Balaban J connectivity index is 0.00000264. The number of nitrogens with one attached hydrogen (secondary N) is 2. The standard InChI is InChI=1S/C14H20BrN3O3S.ClH/c1-10(19)17-14-4-3-12(9-13(14)15)22(20,21)18-7-5-11(16-2)6-8-18;/h3-4,9,11,16H,5-8H2,1-2H3,(H,17,19);1H. The molecule has 2 N–H and O–H groups in total. The lowest BCUT2D eigenvalue weighted by Gasteiger charge is -2.31.